The largest absolute Gasteiger partial charge is 0.489 e. The van der Waals surface area contributed by atoms with Gasteiger partial charge in [-0.25, -0.2) is 4.79 Å². The molecule has 0 fully saturated rings. The first-order valence-corrected chi connectivity index (χ1v) is 9.60. The molecular formula is C19H23N3O3S. The first-order valence-electron chi connectivity index (χ1n) is 8.21. The third-order valence-corrected chi connectivity index (χ3v) is 4.26. The van der Waals surface area contributed by atoms with Gasteiger partial charge in [-0.3, -0.25) is 4.79 Å². The van der Waals surface area contributed by atoms with Gasteiger partial charge in [0.15, 0.2) is 0 Å². The van der Waals surface area contributed by atoms with Crippen molar-refractivity contribution in [2.75, 3.05) is 17.3 Å². The van der Waals surface area contributed by atoms with Crippen molar-refractivity contribution in [3.63, 3.8) is 0 Å². The highest BCUT2D eigenvalue weighted by Gasteiger charge is 2.19. The number of benzene rings is 2. The molecule has 138 valence electrons. The zero-order valence-electron chi connectivity index (χ0n) is 14.6. The second kappa shape index (κ2) is 10.4. The molecule has 0 radical (unpaired) electrons. The Bertz CT molecular complexity index is 708. The van der Waals surface area contributed by atoms with Crippen LogP contribution in [0.5, 0.6) is 5.75 Å². The lowest BCUT2D eigenvalue weighted by Gasteiger charge is -2.17. The van der Waals surface area contributed by atoms with Gasteiger partial charge in [0.25, 0.3) is 0 Å². The molecule has 0 saturated heterocycles. The Morgan fingerprint density at radius 3 is 2.42 bits per heavy atom. The van der Waals surface area contributed by atoms with Gasteiger partial charge in [-0.15, -0.1) is 0 Å². The summed E-state index contributed by atoms with van der Waals surface area (Å²) in [6.07, 6.45) is 2.45. The van der Waals surface area contributed by atoms with Crippen molar-refractivity contribution in [2.45, 2.75) is 19.1 Å². The average Bonchev–Trinajstić information content (AvgIpc) is 2.65. The fraction of sp³-hybridized carbons (Fsp3) is 0.263. The van der Waals surface area contributed by atoms with Gasteiger partial charge in [0.2, 0.25) is 5.91 Å². The third-order valence-electron chi connectivity index (χ3n) is 3.61. The molecule has 2 rings (SSSR count). The van der Waals surface area contributed by atoms with Crippen molar-refractivity contribution in [1.82, 2.24) is 5.32 Å². The number of hydrogen-bond donors (Lipinski definition) is 3. The van der Waals surface area contributed by atoms with Crippen molar-refractivity contribution >= 4 is 29.4 Å². The minimum Gasteiger partial charge on any atom is -0.489 e. The van der Waals surface area contributed by atoms with E-state index < -0.39 is 12.1 Å². The number of nitrogens with two attached hydrogens (primary N) is 1. The number of carbonyl (C=O) groups is 2. The summed E-state index contributed by atoms with van der Waals surface area (Å²) in [5.41, 5.74) is 6.85. The highest BCUT2D eigenvalue weighted by molar-refractivity contribution is 7.98. The second-order valence-electron chi connectivity index (χ2n) is 5.63. The van der Waals surface area contributed by atoms with Gasteiger partial charge in [-0.1, -0.05) is 30.3 Å². The van der Waals surface area contributed by atoms with E-state index in [0.717, 1.165) is 11.3 Å². The van der Waals surface area contributed by atoms with Crippen LogP contribution in [0.4, 0.5) is 10.5 Å². The van der Waals surface area contributed by atoms with E-state index in [0.29, 0.717) is 24.5 Å². The number of urea groups is 1. The van der Waals surface area contributed by atoms with Crippen LogP contribution >= 0.6 is 11.8 Å². The molecule has 26 heavy (non-hydrogen) atoms. The zero-order chi connectivity index (χ0) is 18.8. The smallest absolute Gasteiger partial charge is 0.312 e. The molecule has 6 nitrogen and oxygen atoms in total. The molecule has 0 saturated carbocycles. The molecule has 0 unspecified atom stereocenters. The van der Waals surface area contributed by atoms with Gasteiger partial charge in [0.1, 0.15) is 18.4 Å². The molecule has 3 amide bonds. The fourth-order valence-electron chi connectivity index (χ4n) is 2.28. The number of ether oxygens (including phenoxy) is 1. The predicted molar refractivity (Wildman–Crippen MR) is 105 cm³/mol. The van der Waals surface area contributed by atoms with Crippen LogP contribution < -0.4 is 21.1 Å². The molecule has 0 heterocycles. The Balaban J connectivity index is 1.90. The number of anilines is 1. The van der Waals surface area contributed by atoms with Crippen molar-refractivity contribution in [3.8, 4) is 5.75 Å². The highest BCUT2D eigenvalue weighted by atomic mass is 32.2. The van der Waals surface area contributed by atoms with Crippen LogP contribution in [0.2, 0.25) is 0 Å². The molecule has 0 bridgehead atoms. The quantitative estimate of drug-likeness (QED) is 0.630. The molecule has 2 aromatic carbocycles. The molecule has 0 aliphatic rings. The van der Waals surface area contributed by atoms with Gasteiger partial charge < -0.3 is 21.1 Å². The molecule has 0 aliphatic carbocycles. The maximum absolute atomic E-state index is 12.3. The summed E-state index contributed by atoms with van der Waals surface area (Å²) in [7, 11) is 0. The molecule has 0 aromatic heterocycles. The minimum atomic E-state index is -0.712. The lowest BCUT2D eigenvalue weighted by molar-refractivity contribution is -0.117. The first kappa shape index (κ1) is 19.7. The SMILES string of the molecule is CSCC[C@@H](NC(N)=O)C(=O)Nc1ccc(OCc2ccccc2)cc1. The van der Waals surface area contributed by atoms with E-state index in [2.05, 4.69) is 10.6 Å². The molecule has 0 aliphatic heterocycles. The molecule has 1 atom stereocenters. The standard InChI is InChI=1S/C19H23N3O3S/c1-26-12-11-17(22-19(20)24)18(23)21-15-7-9-16(10-8-15)25-13-14-5-3-2-4-6-14/h2-10,17H,11-13H2,1H3,(H,21,23)(H3,20,22,24)/t17-/m1/s1. The summed E-state index contributed by atoms with van der Waals surface area (Å²) in [4.78, 5) is 23.4. The van der Waals surface area contributed by atoms with E-state index in [9.17, 15) is 9.59 Å². The van der Waals surface area contributed by atoms with E-state index >= 15 is 0 Å². The van der Waals surface area contributed by atoms with Gasteiger partial charge in [-0.2, -0.15) is 11.8 Å². The highest BCUT2D eigenvalue weighted by Crippen LogP contribution is 2.17. The number of primary amides is 1. The summed E-state index contributed by atoms with van der Waals surface area (Å²) in [5.74, 6) is 1.15. The van der Waals surface area contributed by atoms with Crippen molar-refractivity contribution in [1.29, 1.82) is 0 Å². The topological polar surface area (TPSA) is 93.5 Å². The third kappa shape index (κ3) is 6.68. The lowest BCUT2D eigenvalue weighted by atomic mass is 10.2. The van der Waals surface area contributed by atoms with Crippen LogP contribution in [-0.4, -0.2) is 30.0 Å². The fourth-order valence-corrected chi connectivity index (χ4v) is 2.75. The summed E-state index contributed by atoms with van der Waals surface area (Å²) >= 11 is 1.60. The van der Waals surface area contributed by atoms with Crippen molar-refractivity contribution in [3.05, 3.63) is 60.2 Å². The summed E-state index contributed by atoms with van der Waals surface area (Å²) in [6.45, 7) is 0.478. The second-order valence-corrected chi connectivity index (χ2v) is 6.62. The number of carbonyl (C=O) groups excluding carboxylic acids is 2. The number of rotatable bonds is 9. The van der Waals surface area contributed by atoms with E-state index in [-0.39, 0.29) is 5.91 Å². The summed E-state index contributed by atoms with van der Waals surface area (Å²) < 4.78 is 5.72. The Hall–Kier alpha value is -2.67. The first-order chi connectivity index (χ1) is 12.6. The normalized spacial score (nSPS) is 11.4. The summed E-state index contributed by atoms with van der Waals surface area (Å²) in [6, 6.07) is 15.6. The van der Waals surface area contributed by atoms with Crippen LogP contribution in [-0.2, 0) is 11.4 Å². The number of amides is 3. The Morgan fingerprint density at radius 2 is 1.81 bits per heavy atom. The molecular weight excluding hydrogens is 350 g/mol. The maximum Gasteiger partial charge on any atom is 0.312 e. The molecule has 0 spiro atoms. The van der Waals surface area contributed by atoms with Crippen LogP contribution in [0.1, 0.15) is 12.0 Å². The number of nitrogens with one attached hydrogen (secondary N) is 2. The van der Waals surface area contributed by atoms with Crippen LogP contribution in [0.3, 0.4) is 0 Å². The molecule has 2 aromatic rings. The molecule has 4 N–H and O–H groups in total. The van der Waals surface area contributed by atoms with Gasteiger partial charge >= 0.3 is 6.03 Å². The molecule has 7 heteroatoms. The van der Waals surface area contributed by atoms with Gasteiger partial charge in [-0.05, 0) is 48.3 Å². The Morgan fingerprint density at radius 1 is 1.12 bits per heavy atom. The van der Waals surface area contributed by atoms with Crippen LogP contribution in [0, 0.1) is 0 Å². The number of thioether (sulfide) groups is 1. The monoisotopic (exact) mass is 373 g/mol. The number of hydrogen-bond acceptors (Lipinski definition) is 4. The van der Waals surface area contributed by atoms with E-state index in [4.69, 9.17) is 10.5 Å². The van der Waals surface area contributed by atoms with Crippen LogP contribution in [0.25, 0.3) is 0 Å². The van der Waals surface area contributed by atoms with Gasteiger partial charge in [0.05, 0.1) is 0 Å². The lowest BCUT2D eigenvalue weighted by Crippen LogP contribution is -2.46. The minimum absolute atomic E-state index is 0.296. The predicted octanol–water partition coefficient (Wildman–Crippen LogP) is 2.99. The van der Waals surface area contributed by atoms with Crippen molar-refractivity contribution in [2.24, 2.45) is 5.73 Å². The zero-order valence-corrected chi connectivity index (χ0v) is 15.4. The van der Waals surface area contributed by atoms with E-state index in [1.807, 2.05) is 36.6 Å². The summed E-state index contributed by atoms with van der Waals surface area (Å²) in [5, 5.41) is 5.26. The van der Waals surface area contributed by atoms with E-state index in [1.165, 1.54) is 0 Å². The Labute approximate surface area is 157 Å². The van der Waals surface area contributed by atoms with Gasteiger partial charge in [0, 0.05) is 5.69 Å². The average molecular weight is 373 g/mol. The van der Waals surface area contributed by atoms with E-state index in [1.54, 1.807) is 36.0 Å². The van der Waals surface area contributed by atoms with Crippen molar-refractivity contribution < 1.29 is 14.3 Å². The Kier molecular flexibility index (Phi) is 7.82. The van der Waals surface area contributed by atoms with Crippen LogP contribution in [0.15, 0.2) is 54.6 Å². The maximum atomic E-state index is 12.3.